The van der Waals surface area contributed by atoms with Crippen molar-refractivity contribution in [2.75, 3.05) is 23.8 Å². The molecule has 1 aliphatic heterocycles. The first-order chi connectivity index (χ1) is 16.8. The number of hydrogen-bond donors (Lipinski definition) is 1. The summed E-state index contributed by atoms with van der Waals surface area (Å²) in [4.78, 5) is 22.0. The van der Waals surface area contributed by atoms with Crippen LogP contribution in [0.25, 0.3) is 21.5 Å². The van der Waals surface area contributed by atoms with E-state index in [1.165, 1.54) is 22.6 Å². The number of hydrogen-bond acceptors (Lipinski definition) is 8. The van der Waals surface area contributed by atoms with Crippen LogP contribution in [0.15, 0.2) is 24.4 Å². The number of fused-ring (bicyclic) bond motifs is 3. The Labute approximate surface area is 209 Å². The minimum absolute atomic E-state index is 0.259. The summed E-state index contributed by atoms with van der Waals surface area (Å²) < 4.78 is 6.28. The second-order valence-corrected chi connectivity index (χ2v) is 11.5. The molecule has 8 heteroatoms. The first kappa shape index (κ1) is 22.2. The lowest BCUT2D eigenvalue weighted by atomic mass is 9.76. The molecule has 7 nitrogen and oxygen atoms in total. The summed E-state index contributed by atoms with van der Waals surface area (Å²) in [6, 6.07) is 6.47. The first-order valence-electron chi connectivity index (χ1n) is 12.2. The number of anilines is 2. The lowest BCUT2D eigenvalue weighted by Gasteiger charge is -2.34. The van der Waals surface area contributed by atoms with Crippen LogP contribution in [0.4, 0.5) is 10.9 Å². The molecule has 3 aromatic heterocycles. The molecule has 0 unspecified atom stereocenters. The Bertz CT molecular complexity index is 1460. The van der Waals surface area contributed by atoms with Crippen molar-refractivity contribution < 1.29 is 4.74 Å². The van der Waals surface area contributed by atoms with Gasteiger partial charge in [0.15, 0.2) is 5.13 Å². The topological polar surface area (TPSA) is 90.0 Å². The standard InChI is InChI=1S/C27H30N6OS/c1-15-9-17(18-11-22-25(29-13-18)35-26(28)32-22)10-19-14-33(7-8-34-23(15)19)24-20-12-27(3,4)6-5-21(20)30-16(2)31-24/h9-11,13H,5-8,12,14H2,1-4H3,(H2,28,32). The molecule has 180 valence electrons. The van der Waals surface area contributed by atoms with Crippen molar-refractivity contribution in [1.82, 2.24) is 19.9 Å². The van der Waals surface area contributed by atoms with E-state index in [4.69, 9.17) is 20.4 Å². The Morgan fingerprint density at radius 2 is 1.94 bits per heavy atom. The normalized spacial score (nSPS) is 17.0. The predicted molar refractivity (Wildman–Crippen MR) is 141 cm³/mol. The Morgan fingerprint density at radius 1 is 1.09 bits per heavy atom. The van der Waals surface area contributed by atoms with Gasteiger partial charge in [-0.15, -0.1) is 0 Å². The van der Waals surface area contributed by atoms with Gasteiger partial charge in [0.1, 0.15) is 34.3 Å². The zero-order valence-corrected chi connectivity index (χ0v) is 21.5. The van der Waals surface area contributed by atoms with Crippen LogP contribution in [-0.2, 0) is 19.4 Å². The van der Waals surface area contributed by atoms with Crippen molar-refractivity contribution in [3.63, 3.8) is 0 Å². The molecule has 0 saturated carbocycles. The summed E-state index contributed by atoms with van der Waals surface area (Å²) in [6.45, 7) is 11.0. The van der Waals surface area contributed by atoms with E-state index in [0.29, 0.717) is 11.7 Å². The van der Waals surface area contributed by atoms with Gasteiger partial charge in [0.05, 0.1) is 6.54 Å². The van der Waals surface area contributed by atoms with Gasteiger partial charge >= 0.3 is 0 Å². The van der Waals surface area contributed by atoms with Crippen LogP contribution in [0.1, 0.15) is 48.5 Å². The average Bonchev–Trinajstić information content (AvgIpc) is 3.04. The highest BCUT2D eigenvalue weighted by Gasteiger charge is 2.31. The molecule has 0 radical (unpaired) electrons. The number of pyridine rings is 1. The fourth-order valence-corrected chi connectivity index (χ4v) is 6.03. The fourth-order valence-electron chi connectivity index (χ4n) is 5.37. The van der Waals surface area contributed by atoms with Gasteiger partial charge in [-0.25, -0.2) is 19.9 Å². The number of benzene rings is 1. The second kappa shape index (κ2) is 8.16. The van der Waals surface area contributed by atoms with Crippen LogP contribution >= 0.6 is 11.3 Å². The summed E-state index contributed by atoms with van der Waals surface area (Å²) >= 11 is 1.41. The van der Waals surface area contributed by atoms with Gasteiger partial charge in [-0.2, -0.15) is 0 Å². The van der Waals surface area contributed by atoms with Crippen molar-refractivity contribution in [2.24, 2.45) is 5.41 Å². The van der Waals surface area contributed by atoms with E-state index in [2.05, 4.69) is 53.8 Å². The zero-order chi connectivity index (χ0) is 24.3. The zero-order valence-electron chi connectivity index (χ0n) is 20.7. The Morgan fingerprint density at radius 3 is 2.80 bits per heavy atom. The number of nitrogens with two attached hydrogens (primary N) is 1. The van der Waals surface area contributed by atoms with E-state index < -0.39 is 0 Å². The summed E-state index contributed by atoms with van der Waals surface area (Å²) in [6.07, 6.45) is 5.08. The van der Waals surface area contributed by atoms with Gasteiger partial charge in [-0.1, -0.05) is 25.2 Å². The van der Waals surface area contributed by atoms with E-state index in [9.17, 15) is 0 Å². The van der Waals surface area contributed by atoms with Crippen LogP contribution in [0.2, 0.25) is 0 Å². The van der Waals surface area contributed by atoms with Crippen LogP contribution in [-0.4, -0.2) is 33.1 Å². The van der Waals surface area contributed by atoms with Gasteiger partial charge < -0.3 is 15.4 Å². The summed E-state index contributed by atoms with van der Waals surface area (Å²) in [5.74, 6) is 2.89. The SMILES string of the molecule is Cc1nc2c(c(N3CCOc4c(C)cc(-c5cnc6sc(N)nc6c5)cc4C3)n1)CC(C)(C)CC2. The number of rotatable bonds is 2. The summed E-state index contributed by atoms with van der Waals surface area (Å²) in [5.41, 5.74) is 13.9. The molecule has 0 saturated heterocycles. The summed E-state index contributed by atoms with van der Waals surface area (Å²) in [7, 11) is 0. The maximum absolute atomic E-state index is 6.28. The number of nitrogens with zero attached hydrogens (tertiary/aromatic N) is 5. The minimum atomic E-state index is 0.259. The molecule has 2 N–H and O–H groups in total. The van der Waals surface area contributed by atoms with Crippen LogP contribution in [0, 0.1) is 19.3 Å². The molecule has 4 heterocycles. The second-order valence-electron chi connectivity index (χ2n) is 10.5. The van der Waals surface area contributed by atoms with Crippen molar-refractivity contribution in [1.29, 1.82) is 0 Å². The quantitative estimate of drug-likeness (QED) is 0.413. The molecule has 35 heavy (non-hydrogen) atoms. The van der Waals surface area contributed by atoms with Crippen molar-refractivity contribution in [3.8, 4) is 16.9 Å². The number of ether oxygens (including phenoxy) is 1. The van der Waals surface area contributed by atoms with Crippen molar-refractivity contribution in [2.45, 2.75) is 53.5 Å². The lowest BCUT2D eigenvalue weighted by molar-refractivity contribution is 0.310. The predicted octanol–water partition coefficient (Wildman–Crippen LogP) is 5.26. The van der Waals surface area contributed by atoms with E-state index in [1.54, 1.807) is 0 Å². The molecule has 0 atom stereocenters. The Balaban J connectivity index is 1.41. The molecule has 4 aromatic rings. The number of thiazole rings is 1. The molecule has 0 fully saturated rings. The third-order valence-electron chi connectivity index (χ3n) is 7.09. The lowest BCUT2D eigenvalue weighted by Crippen LogP contribution is -2.31. The summed E-state index contributed by atoms with van der Waals surface area (Å²) in [5, 5.41) is 0.540. The highest BCUT2D eigenvalue weighted by molar-refractivity contribution is 7.21. The van der Waals surface area contributed by atoms with Crippen molar-refractivity contribution in [3.05, 3.63) is 52.6 Å². The maximum Gasteiger partial charge on any atom is 0.182 e. The highest BCUT2D eigenvalue weighted by atomic mass is 32.1. The Kier molecular flexibility index (Phi) is 5.18. The number of aryl methyl sites for hydroxylation is 3. The molecule has 0 spiro atoms. The number of aromatic nitrogens is 4. The number of nitrogen functional groups attached to an aromatic ring is 1. The van der Waals surface area contributed by atoms with Gasteiger partial charge in [-0.05, 0) is 67.9 Å². The molecule has 2 aliphatic rings. The monoisotopic (exact) mass is 486 g/mol. The third kappa shape index (κ3) is 4.10. The van der Waals surface area contributed by atoms with Gasteiger partial charge in [0.2, 0.25) is 0 Å². The highest BCUT2D eigenvalue weighted by Crippen LogP contribution is 2.40. The van der Waals surface area contributed by atoms with E-state index in [0.717, 1.165) is 82.3 Å². The molecular formula is C27H30N6OS. The Hall–Kier alpha value is -3.26. The molecule has 1 aromatic carbocycles. The largest absolute Gasteiger partial charge is 0.491 e. The van der Waals surface area contributed by atoms with Crippen LogP contribution in [0.3, 0.4) is 0 Å². The smallest absolute Gasteiger partial charge is 0.182 e. The molecule has 0 amide bonds. The van der Waals surface area contributed by atoms with E-state index in [1.807, 2.05) is 13.1 Å². The van der Waals surface area contributed by atoms with Crippen molar-refractivity contribution >= 4 is 32.6 Å². The minimum Gasteiger partial charge on any atom is -0.491 e. The molecule has 6 rings (SSSR count). The fraction of sp³-hybridized carbons (Fsp3) is 0.407. The molecular weight excluding hydrogens is 456 g/mol. The van der Waals surface area contributed by atoms with E-state index in [-0.39, 0.29) is 5.41 Å². The van der Waals surface area contributed by atoms with Crippen LogP contribution < -0.4 is 15.4 Å². The third-order valence-corrected chi connectivity index (χ3v) is 7.90. The van der Waals surface area contributed by atoms with Gasteiger partial charge in [-0.3, -0.25) is 0 Å². The van der Waals surface area contributed by atoms with Gasteiger partial charge in [0, 0.05) is 35.1 Å². The average molecular weight is 487 g/mol. The molecule has 0 bridgehead atoms. The maximum atomic E-state index is 6.28. The first-order valence-corrected chi connectivity index (χ1v) is 13.0. The van der Waals surface area contributed by atoms with Gasteiger partial charge in [0.25, 0.3) is 0 Å². The van der Waals surface area contributed by atoms with Crippen LogP contribution in [0.5, 0.6) is 5.75 Å². The molecule has 1 aliphatic carbocycles. The van der Waals surface area contributed by atoms with E-state index >= 15 is 0 Å².